The van der Waals surface area contributed by atoms with Crippen molar-refractivity contribution in [3.05, 3.63) is 23.3 Å². The van der Waals surface area contributed by atoms with E-state index >= 15 is 0 Å². The van der Waals surface area contributed by atoms with Gasteiger partial charge in [-0.25, -0.2) is 4.79 Å². The van der Waals surface area contributed by atoms with Gasteiger partial charge in [-0.2, -0.15) is 0 Å². The number of piperidine rings is 1. The highest BCUT2D eigenvalue weighted by molar-refractivity contribution is 5.96. The fourth-order valence-corrected chi connectivity index (χ4v) is 2.80. The molecule has 1 aliphatic rings. The molecule has 0 aromatic heterocycles. The van der Waals surface area contributed by atoms with E-state index in [9.17, 15) is 14.7 Å². The number of hydrogen-bond donors (Lipinski definition) is 3. The van der Waals surface area contributed by atoms with E-state index in [1.807, 2.05) is 11.0 Å². The topological polar surface area (TPSA) is 95.7 Å². The molecule has 1 amide bonds. The van der Waals surface area contributed by atoms with Crippen LogP contribution >= 0.6 is 0 Å². The molecular weight excluding hydrogens is 270 g/mol. The molecule has 0 spiro atoms. The summed E-state index contributed by atoms with van der Waals surface area (Å²) in [4.78, 5) is 25.3. The van der Waals surface area contributed by atoms with Crippen molar-refractivity contribution in [3.8, 4) is 0 Å². The second kappa shape index (κ2) is 6.03. The molecule has 0 saturated carbocycles. The molecule has 114 valence electrons. The van der Waals surface area contributed by atoms with Crippen molar-refractivity contribution < 1.29 is 14.7 Å². The van der Waals surface area contributed by atoms with Crippen LogP contribution in [-0.2, 0) is 4.79 Å². The maximum absolute atomic E-state index is 12.0. The number of amides is 1. The van der Waals surface area contributed by atoms with Gasteiger partial charge in [0.05, 0.1) is 5.56 Å². The highest BCUT2D eigenvalue weighted by atomic mass is 16.4. The Hall–Kier alpha value is -2.24. The summed E-state index contributed by atoms with van der Waals surface area (Å²) >= 11 is 0. The SMILES string of the molecule is CNC(=O)C1CCCCN1c1cc(C)c(N)c(C(=O)O)c1. The van der Waals surface area contributed by atoms with Crippen molar-refractivity contribution in [3.63, 3.8) is 0 Å². The smallest absolute Gasteiger partial charge is 0.337 e. The van der Waals surface area contributed by atoms with Gasteiger partial charge >= 0.3 is 5.97 Å². The highest BCUT2D eigenvalue weighted by Crippen LogP contribution is 2.30. The van der Waals surface area contributed by atoms with Gasteiger partial charge in [-0.15, -0.1) is 0 Å². The number of likely N-dealkylation sites (N-methyl/N-ethyl adjacent to an activating group) is 1. The zero-order chi connectivity index (χ0) is 15.6. The van der Waals surface area contributed by atoms with E-state index < -0.39 is 5.97 Å². The van der Waals surface area contributed by atoms with Gasteiger partial charge in [-0.1, -0.05) is 0 Å². The zero-order valence-electron chi connectivity index (χ0n) is 12.3. The summed E-state index contributed by atoms with van der Waals surface area (Å²) in [6, 6.07) is 3.16. The van der Waals surface area contributed by atoms with Crippen LogP contribution in [0.4, 0.5) is 11.4 Å². The molecule has 4 N–H and O–H groups in total. The van der Waals surface area contributed by atoms with Gasteiger partial charge in [0.15, 0.2) is 0 Å². The molecule has 1 heterocycles. The minimum absolute atomic E-state index is 0.0407. The number of nitrogens with zero attached hydrogens (tertiary/aromatic N) is 1. The number of aryl methyl sites for hydroxylation is 1. The number of benzene rings is 1. The summed E-state index contributed by atoms with van der Waals surface area (Å²) in [5.74, 6) is -1.09. The molecule has 6 heteroatoms. The third-order valence-electron chi connectivity index (χ3n) is 3.99. The molecule has 1 unspecified atom stereocenters. The lowest BCUT2D eigenvalue weighted by molar-refractivity contribution is -0.122. The average Bonchev–Trinajstić information content (AvgIpc) is 2.48. The molecule has 0 bridgehead atoms. The Bertz CT molecular complexity index is 572. The summed E-state index contributed by atoms with van der Waals surface area (Å²) in [7, 11) is 1.62. The Morgan fingerprint density at radius 2 is 2.10 bits per heavy atom. The first-order valence-corrected chi connectivity index (χ1v) is 7.07. The Kier molecular flexibility index (Phi) is 4.35. The molecule has 1 aromatic rings. The highest BCUT2D eigenvalue weighted by Gasteiger charge is 2.29. The van der Waals surface area contributed by atoms with Crippen LogP contribution in [0.15, 0.2) is 12.1 Å². The summed E-state index contributed by atoms with van der Waals surface area (Å²) in [5, 5.41) is 11.9. The number of anilines is 2. The molecule has 21 heavy (non-hydrogen) atoms. The number of carbonyl (C=O) groups is 2. The number of nitrogens with one attached hydrogen (secondary N) is 1. The van der Waals surface area contributed by atoms with Gasteiger partial charge in [0.2, 0.25) is 5.91 Å². The Labute approximate surface area is 123 Å². The molecule has 1 saturated heterocycles. The number of nitrogen functional groups attached to an aromatic ring is 1. The molecule has 1 fully saturated rings. The third-order valence-corrected chi connectivity index (χ3v) is 3.99. The van der Waals surface area contributed by atoms with E-state index in [4.69, 9.17) is 5.73 Å². The maximum atomic E-state index is 12.0. The number of rotatable bonds is 3. The lowest BCUT2D eigenvalue weighted by atomic mass is 9.98. The third kappa shape index (κ3) is 2.94. The monoisotopic (exact) mass is 291 g/mol. The quantitative estimate of drug-likeness (QED) is 0.731. The lowest BCUT2D eigenvalue weighted by Gasteiger charge is -2.36. The van der Waals surface area contributed by atoms with Gasteiger partial charge in [-0.3, -0.25) is 4.79 Å². The zero-order valence-corrected chi connectivity index (χ0v) is 12.3. The Morgan fingerprint density at radius 1 is 1.38 bits per heavy atom. The summed E-state index contributed by atoms with van der Waals surface area (Å²) in [5.41, 5.74) is 7.65. The fourth-order valence-electron chi connectivity index (χ4n) is 2.80. The molecule has 0 aliphatic carbocycles. The molecule has 0 radical (unpaired) electrons. The van der Waals surface area contributed by atoms with Crippen molar-refractivity contribution >= 4 is 23.3 Å². The fraction of sp³-hybridized carbons (Fsp3) is 0.467. The number of nitrogens with two attached hydrogens (primary N) is 1. The number of carboxylic acids is 1. The molecule has 1 aromatic carbocycles. The van der Waals surface area contributed by atoms with E-state index in [0.717, 1.165) is 31.5 Å². The van der Waals surface area contributed by atoms with Crippen LogP contribution in [0.2, 0.25) is 0 Å². The van der Waals surface area contributed by atoms with Crippen LogP contribution in [0.3, 0.4) is 0 Å². The van der Waals surface area contributed by atoms with E-state index in [1.54, 1.807) is 20.0 Å². The first-order valence-electron chi connectivity index (χ1n) is 7.07. The normalized spacial score (nSPS) is 18.4. The van der Waals surface area contributed by atoms with Crippen LogP contribution in [0.25, 0.3) is 0 Å². The second-order valence-corrected chi connectivity index (χ2v) is 5.35. The van der Waals surface area contributed by atoms with Crippen molar-refractivity contribution in [1.82, 2.24) is 5.32 Å². The number of carbonyl (C=O) groups excluding carboxylic acids is 1. The van der Waals surface area contributed by atoms with Crippen LogP contribution in [0.5, 0.6) is 0 Å². The van der Waals surface area contributed by atoms with Crippen LogP contribution in [-0.4, -0.2) is 36.6 Å². The van der Waals surface area contributed by atoms with Crippen molar-refractivity contribution in [2.75, 3.05) is 24.2 Å². The van der Waals surface area contributed by atoms with E-state index in [1.165, 1.54) is 0 Å². The predicted octanol–water partition coefficient (Wildman–Crippen LogP) is 1.38. The van der Waals surface area contributed by atoms with E-state index in [0.29, 0.717) is 5.56 Å². The molecule has 6 nitrogen and oxygen atoms in total. The average molecular weight is 291 g/mol. The number of carboxylic acid groups (broad SMARTS) is 1. The predicted molar refractivity (Wildman–Crippen MR) is 81.6 cm³/mol. The summed E-state index contributed by atoms with van der Waals surface area (Å²) in [6.45, 7) is 2.52. The molecule has 1 aliphatic heterocycles. The van der Waals surface area contributed by atoms with Gasteiger partial charge in [0, 0.05) is 25.0 Å². The van der Waals surface area contributed by atoms with Crippen LogP contribution < -0.4 is 16.0 Å². The van der Waals surface area contributed by atoms with Crippen molar-refractivity contribution in [2.24, 2.45) is 0 Å². The van der Waals surface area contributed by atoms with Crippen molar-refractivity contribution in [1.29, 1.82) is 0 Å². The molecule has 2 rings (SSSR count). The van der Waals surface area contributed by atoms with Crippen LogP contribution in [0.1, 0.15) is 35.2 Å². The van der Waals surface area contributed by atoms with Gasteiger partial charge < -0.3 is 21.1 Å². The largest absolute Gasteiger partial charge is 0.478 e. The van der Waals surface area contributed by atoms with E-state index in [2.05, 4.69) is 5.32 Å². The van der Waals surface area contributed by atoms with E-state index in [-0.39, 0.29) is 23.2 Å². The Morgan fingerprint density at radius 3 is 2.71 bits per heavy atom. The molecular formula is C15H21N3O3. The lowest BCUT2D eigenvalue weighted by Crippen LogP contribution is -2.49. The first-order chi connectivity index (χ1) is 9.95. The first kappa shape index (κ1) is 15.2. The maximum Gasteiger partial charge on any atom is 0.337 e. The van der Waals surface area contributed by atoms with Gasteiger partial charge in [-0.05, 0) is 43.9 Å². The summed E-state index contributed by atoms with van der Waals surface area (Å²) < 4.78 is 0. The minimum atomic E-state index is -1.05. The standard InChI is InChI=1S/C15H21N3O3/c1-9-7-10(8-11(13(9)16)15(20)21)18-6-4-3-5-12(18)14(19)17-2/h7-8,12H,3-6,16H2,1-2H3,(H,17,19)(H,20,21). The van der Waals surface area contributed by atoms with Gasteiger partial charge in [0.25, 0.3) is 0 Å². The Balaban J connectivity index is 2.43. The van der Waals surface area contributed by atoms with Gasteiger partial charge in [0.1, 0.15) is 6.04 Å². The van der Waals surface area contributed by atoms with Crippen molar-refractivity contribution in [2.45, 2.75) is 32.2 Å². The second-order valence-electron chi connectivity index (χ2n) is 5.35. The number of aromatic carboxylic acids is 1. The summed E-state index contributed by atoms with van der Waals surface area (Å²) in [6.07, 6.45) is 2.75. The van der Waals surface area contributed by atoms with Crippen LogP contribution in [0, 0.1) is 6.92 Å². The number of hydrogen-bond acceptors (Lipinski definition) is 4. The minimum Gasteiger partial charge on any atom is -0.478 e. The molecule has 1 atom stereocenters.